The van der Waals surface area contributed by atoms with Crippen molar-refractivity contribution in [3.8, 4) is 5.75 Å². The molecule has 0 fully saturated rings. The van der Waals surface area contributed by atoms with Crippen LogP contribution >= 0.6 is 0 Å². The Labute approximate surface area is 196 Å². The molecule has 0 radical (unpaired) electrons. The monoisotopic (exact) mass is 475 g/mol. The van der Waals surface area contributed by atoms with Crippen molar-refractivity contribution in [1.29, 1.82) is 0 Å². The fraction of sp³-hybridized carbons (Fsp3) is 0.417. The van der Waals surface area contributed by atoms with Gasteiger partial charge in [-0.1, -0.05) is 29.8 Å². The lowest BCUT2D eigenvalue weighted by molar-refractivity contribution is -0.140. The van der Waals surface area contributed by atoms with Crippen LogP contribution in [0.25, 0.3) is 0 Å². The van der Waals surface area contributed by atoms with Gasteiger partial charge in [0.25, 0.3) is 0 Å². The molecule has 0 aliphatic carbocycles. The Morgan fingerprint density at radius 3 is 2.27 bits per heavy atom. The first kappa shape index (κ1) is 26.3. The van der Waals surface area contributed by atoms with E-state index in [1.54, 1.807) is 44.4 Å². The third-order valence-corrected chi connectivity index (χ3v) is 6.99. The van der Waals surface area contributed by atoms with Gasteiger partial charge in [-0.2, -0.15) is 4.31 Å². The number of aryl methyl sites for hydroxylation is 1. The van der Waals surface area contributed by atoms with Crippen LogP contribution in [0.4, 0.5) is 0 Å². The van der Waals surface area contributed by atoms with E-state index in [0.717, 1.165) is 15.4 Å². The van der Waals surface area contributed by atoms with Gasteiger partial charge in [-0.25, -0.2) is 8.42 Å². The first-order valence-corrected chi connectivity index (χ1v) is 12.2. The van der Waals surface area contributed by atoms with E-state index in [9.17, 15) is 18.0 Å². The molecule has 1 unspecified atom stereocenters. The summed E-state index contributed by atoms with van der Waals surface area (Å²) in [5.74, 6) is -0.175. The highest BCUT2D eigenvalue weighted by Gasteiger charge is 2.30. The Morgan fingerprint density at radius 2 is 1.70 bits per heavy atom. The summed E-state index contributed by atoms with van der Waals surface area (Å²) in [4.78, 5) is 27.5. The number of hydrogen-bond acceptors (Lipinski definition) is 5. The van der Waals surface area contributed by atoms with Crippen molar-refractivity contribution in [3.05, 3.63) is 59.7 Å². The molecule has 1 atom stereocenters. The number of amides is 2. The van der Waals surface area contributed by atoms with Gasteiger partial charge in [-0.3, -0.25) is 9.59 Å². The molecule has 0 spiro atoms. The maximum Gasteiger partial charge on any atom is 0.243 e. The fourth-order valence-electron chi connectivity index (χ4n) is 3.21. The van der Waals surface area contributed by atoms with Gasteiger partial charge in [-0.15, -0.1) is 0 Å². The van der Waals surface area contributed by atoms with Gasteiger partial charge in [0.15, 0.2) is 0 Å². The molecule has 0 saturated carbocycles. The van der Waals surface area contributed by atoms with Gasteiger partial charge in [0.05, 0.1) is 18.6 Å². The van der Waals surface area contributed by atoms with Crippen molar-refractivity contribution in [1.82, 2.24) is 14.5 Å². The summed E-state index contributed by atoms with van der Waals surface area (Å²) in [7, 11) is -0.963. The van der Waals surface area contributed by atoms with E-state index in [1.807, 2.05) is 26.8 Å². The van der Waals surface area contributed by atoms with Crippen LogP contribution in [0.3, 0.4) is 0 Å². The van der Waals surface area contributed by atoms with Crippen LogP contribution < -0.4 is 10.1 Å². The van der Waals surface area contributed by atoms with E-state index < -0.39 is 28.5 Å². The van der Waals surface area contributed by atoms with Crippen LogP contribution in [0.5, 0.6) is 5.75 Å². The highest BCUT2D eigenvalue weighted by atomic mass is 32.2. The number of methoxy groups -OCH3 is 1. The van der Waals surface area contributed by atoms with E-state index in [4.69, 9.17) is 4.74 Å². The van der Waals surface area contributed by atoms with Crippen LogP contribution in [0.15, 0.2) is 53.4 Å². The Bertz CT molecular complexity index is 1070. The Balaban J connectivity index is 2.29. The SMILES string of the molecule is COc1cccc(CN(C(=O)CN(C)S(=O)(=O)c2ccc(C)cc2)C(C)C(=O)NC(C)C)c1. The maximum absolute atomic E-state index is 13.3. The standard InChI is InChI=1S/C24H33N3O5S/c1-17(2)25-24(29)19(4)27(15-20-8-7-9-21(14-20)32-6)23(28)16-26(5)33(30,31)22-12-10-18(3)11-13-22/h7-14,17,19H,15-16H2,1-6H3,(H,25,29). The number of benzene rings is 2. The average Bonchev–Trinajstić information content (AvgIpc) is 2.76. The number of sulfonamides is 1. The largest absolute Gasteiger partial charge is 0.497 e. The zero-order chi connectivity index (χ0) is 24.8. The molecule has 1 N–H and O–H groups in total. The maximum atomic E-state index is 13.3. The van der Waals surface area contributed by atoms with E-state index >= 15 is 0 Å². The van der Waals surface area contributed by atoms with Crippen molar-refractivity contribution < 1.29 is 22.7 Å². The molecule has 180 valence electrons. The molecule has 2 rings (SSSR count). The van der Waals surface area contributed by atoms with E-state index in [2.05, 4.69) is 5.32 Å². The lowest BCUT2D eigenvalue weighted by Gasteiger charge is -2.31. The van der Waals surface area contributed by atoms with Gasteiger partial charge in [0.2, 0.25) is 21.8 Å². The molecule has 2 aromatic rings. The van der Waals surface area contributed by atoms with Crippen LogP contribution in [-0.2, 0) is 26.2 Å². The zero-order valence-corrected chi connectivity index (χ0v) is 20.8. The van der Waals surface area contributed by atoms with Crippen molar-refractivity contribution in [3.63, 3.8) is 0 Å². The molecule has 9 heteroatoms. The van der Waals surface area contributed by atoms with Gasteiger partial charge >= 0.3 is 0 Å². The highest BCUT2D eigenvalue weighted by molar-refractivity contribution is 7.89. The summed E-state index contributed by atoms with van der Waals surface area (Å²) >= 11 is 0. The highest BCUT2D eigenvalue weighted by Crippen LogP contribution is 2.18. The quantitative estimate of drug-likeness (QED) is 0.570. The second kappa shape index (κ2) is 11.3. The lowest BCUT2D eigenvalue weighted by Crippen LogP contribution is -2.51. The van der Waals surface area contributed by atoms with Crippen LogP contribution in [0.1, 0.15) is 31.9 Å². The van der Waals surface area contributed by atoms with Crippen molar-refractivity contribution in [2.24, 2.45) is 0 Å². The lowest BCUT2D eigenvalue weighted by atomic mass is 10.1. The van der Waals surface area contributed by atoms with E-state index in [-0.39, 0.29) is 23.4 Å². The van der Waals surface area contributed by atoms with Crippen LogP contribution in [0, 0.1) is 6.92 Å². The predicted molar refractivity (Wildman–Crippen MR) is 127 cm³/mol. The molecule has 0 aliphatic heterocycles. The summed E-state index contributed by atoms with van der Waals surface area (Å²) in [5.41, 5.74) is 1.69. The second-order valence-corrected chi connectivity index (χ2v) is 10.3. The minimum Gasteiger partial charge on any atom is -0.497 e. The third-order valence-electron chi connectivity index (χ3n) is 5.17. The first-order chi connectivity index (χ1) is 15.4. The van der Waals surface area contributed by atoms with Crippen LogP contribution in [0.2, 0.25) is 0 Å². The normalized spacial score (nSPS) is 12.5. The predicted octanol–water partition coefficient (Wildman–Crippen LogP) is 2.57. The number of likely N-dealkylation sites (N-methyl/N-ethyl adjacent to an activating group) is 1. The zero-order valence-electron chi connectivity index (χ0n) is 20.0. The van der Waals surface area contributed by atoms with Crippen molar-refractivity contribution in [2.45, 2.75) is 51.2 Å². The minimum atomic E-state index is -3.87. The second-order valence-electron chi connectivity index (χ2n) is 8.29. The summed E-state index contributed by atoms with van der Waals surface area (Å²) in [6.45, 7) is 6.89. The van der Waals surface area contributed by atoms with Gasteiger partial charge in [0, 0.05) is 19.6 Å². The van der Waals surface area contributed by atoms with Crippen molar-refractivity contribution in [2.75, 3.05) is 20.7 Å². The number of hydrogen-bond donors (Lipinski definition) is 1. The first-order valence-electron chi connectivity index (χ1n) is 10.7. The Kier molecular flexibility index (Phi) is 9.01. The number of nitrogens with zero attached hydrogens (tertiary/aromatic N) is 2. The number of carbonyl (C=O) groups is 2. The number of nitrogens with one attached hydrogen (secondary N) is 1. The number of rotatable bonds is 10. The van der Waals surface area contributed by atoms with Gasteiger partial charge in [-0.05, 0) is 57.5 Å². The smallest absolute Gasteiger partial charge is 0.243 e. The summed E-state index contributed by atoms with van der Waals surface area (Å²) in [6.07, 6.45) is 0. The van der Waals surface area contributed by atoms with E-state index in [0.29, 0.717) is 5.75 Å². The molecule has 2 aromatic carbocycles. The topological polar surface area (TPSA) is 96.0 Å². The minimum absolute atomic E-state index is 0.0988. The summed E-state index contributed by atoms with van der Waals surface area (Å²) in [6, 6.07) is 12.7. The molecule has 2 amide bonds. The molecule has 0 aliphatic rings. The molecule has 0 heterocycles. The third kappa shape index (κ3) is 7.03. The Hall–Kier alpha value is -2.91. The number of carbonyl (C=O) groups excluding carboxylic acids is 2. The fourth-order valence-corrected chi connectivity index (χ4v) is 4.33. The van der Waals surface area contributed by atoms with Crippen LogP contribution in [-0.4, -0.2) is 62.2 Å². The summed E-state index contributed by atoms with van der Waals surface area (Å²) in [5, 5.41) is 2.81. The molecular weight excluding hydrogens is 442 g/mol. The molecule has 8 nitrogen and oxygen atoms in total. The summed E-state index contributed by atoms with van der Waals surface area (Å²) < 4.78 is 32.2. The Morgan fingerprint density at radius 1 is 1.06 bits per heavy atom. The van der Waals surface area contributed by atoms with E-state index in [1.165, 1.54) is 24.1 Å². The van der Waals surface area contributed by atoms with Gasteiger partial charge in [0.1, 0.15) is 11.8 Å². The van der Waals surface area contributed by atoms with Gasteiger partial charge < -0.3 is 15.0 Å². The molecule has 0 saturated heterocycles. The molecule has 0 bridgehead atoms. The number of ether oxygens (including phenoxy) is 1. The molecule has 33 heavy (non-hydrogen) atoms. The molecular formula is C24H33N3O5S. The molecule has 0 aromatic heterocycles. The average molecular weight is 476 g/mol. The van der Waals surface area contributed by atoms with Crippen molar-refractivity contribution >= 4 is 21.8 Å².